The lowest BCUT2D eigenvalue weighted by atomic mass is 10.1. The van der Waals surface area contributed by atoms with Crippen LogP contribution in [0.4, 0.5) is 0 Å². The Labute approximate surface area is 160 Å². The van der Waals surface area contributed by atoms with Crippen LogP contribution >= 0.6 is 0 Å². The summed E-state index contributed by atoms with van der Waals surface area (Å²) < 4.78 is 0. The van der Waals surface area contributed by atoms with Crippen LogP contribution in [-0.2, 0) is 0 Å². The molecule has 2 aliphatic rings. The molecule has 3 heterocycles. The number of piperidine rings is 1. The maximum atomic E-state index is 13.0. The third-order valence-corrected chi connectivity index (χ3v) is 5.72. The number of rotatable bonds is 3. The zero-order valence-corrected chi connectivity index (χ0v) is 15.8. The van der Waals surface area contributed by atoms with Crippen molar-refractivity contribution >= 4 is 5.91 Å². The first-order valence-corrected chi connectivity index (χ1v) is 9.86. The Kier molecular flexibility index (Phi) is 5.23. The second-order valence-corrected chi connectivity index (χ2v) is 7.74. The van der Waals surface area contributed by atoms with Gasteiger partial charge >= 0.3 is 0 Å². The molecule has 1 amide bonds. The van der Waals surface area contributed by atoms with Crippen molar-refractivity contribution in [2.75, 3.05) is 26.2 Å². The molecule has 0 spiro atoms. The van der Waals surface area contributed by atoms with E-state index in [0.717, 1.165) is 29.9 Å². The van der Waals surface area contributed by atoms with E-state index in [-0.39, 0.29) is 11.9 Å². The fourth-order valence-corrected chi connectivity index (χ4v) is 4.18. The van der Waals surface area contributed by atoms with E-state index in [4.69, 9.17) is 0 Å². The Balaban J connectivity index is 1.49. The number of hydrogen-bond donors (Lipinski definition) is 1. The van der Waals surface area contributed by atoms with Gasteiger partial charge in [-0.25, -0.2) is 0 Å². The van der Waals surface area contributed by atoms with Gasteiger partial charge in [0, 0.05) is 30.4 Å². The monoisotopic (exact) mass is 365 g/mol. The SMILES string of the molecule is Cc1ccc(-c2cccc(C(=O)N3CC(O)C(N4CCCCC4)C3)c2)nc1. The van der Waals surface area contributed by atoms with Gasteiger partial charge in [0.25, 0.3) is 5.91 Å². The fraction of sp³-hybridized carbons (Fsp3) is 0.455. The molecular weight excluding hydrogens is 338 g/mol. The summed E-state index contributed by atoms with van der Waals surface area (Å²) in [6.45, 7) is 5.07. The molecule has 0 bridgehead atoms. The zero-order chi connectivity index (χ0) is 18.8. The molecule has 2 saturated heterocycles. The van der Waals surface area contributed by atoms with E-state index in [1.807, 2.05) is 49.5 Å². The molecule has 142 valence electrons. The van der Waals surface area contributed by atoms with Crippen LogP contribution in [0.15, 0.2) is 42.6 Å². The predicted octanol–water partition coefficient (Wildman–Crippen LogP) is 2.73. The van der Waals surface area contributed by atoms with Gasteiger partial charge in [-0.3, -0.25) is 14.7 Å². The van der Waals surface area contributed by atoms with Crippen LogP contribution in [0.2, 0.25) is 0 Å². The number of aryl methyl sites for hydroxylation is 1. The average molecular weight is 365 g/mol. The number of β-amino-alcohol motifs (C(OH)–C–C–N with tert-alkyl or cyclic N) is 1. The standard InChI is InChI=1S/C22H27N3O2/c1-16-8-9-19(23-13-16)17-6-5-7-18(12-17)22(27)25-14-20(21(26)15-25)24-10-3-2-4-11-24/h5-9,12-13,20-21,26H,2-4,10-11,14-15H2,1H3. The van der Waals surface area contributed by atoms with Crippen LogP contribution in [0.25, 0.3) is 11.3 Å². The van der Waals surface area contributed by atoms with Crippen molar-refractivity contribution in [3.63, 3.8) is 0 Å². The molecule has 2 atom stereocenters. The first-order valence-electron chi connectivity index (χ1n) is 9.86. The Morgan fingerprint density at radius 2 is 1.93 bits per heavy atom. The van der Waals surface area contributed by atoms with Gasteiger partial charge in [-0.15, -0.1) is 0 Å². The smallest absolute Gasteiger partial charge is 0.254 e. The lowest BCUT2D eigenvalue weighted by Crippen LogP contribution is -2.46. The molecule has 2 aromatic rings. The maximum Gasteiger partial charge on any atom is 0.254 e. The maximum absolute atomic E-state index is 13.0. The lowest BCUT2D eigenvalue weighted by molar-refractivity contribution is 0.0702. The summed E-state index contributed by atoms with van der Waals surface area (Å²) in [5.74, 6) is -0.0116. The lowest BCUT2D eigenvalue weighted by Gasteiger charge is -2.33. The Morgan fingerprint density at radius 3 is 2.67 bits per heavy atom. The molecule has 5 heteroatoms. The highest BCUT2D eigenvalue weighted by Crippen LogP contribution is 2.24. The second kappa shape index (κ2) is 7.79. The molecule has 27 heavy (non-hydrogen) atoms. The minimum Gasteiger partial charge on any atom is -0.390 e. The molecule has 1 aromatic carbocycles. The molecule has 2 fully saturated rings. The number of benzene rings is 1. The number of aliphatic hydroxyl groups excluding tert-OH is 1. The molecule has 0 saturated carbocycles. The highest BCUT2D eigenvalue weighted by Gasteiger charge is 2.38. The third kappa shape index (κ3) is 3.89. The van der Waals surface area contributed by atoms with Gasteiger partial charge in [-0.05, 0) is 56.6 Å². The molecule has 5 nitrogen and oxygen atoms in total. The van der Waals surface area contributed by atoms with Gasteiger partial charge in [-0.2, -0.15) is 0 Å². The molecule has 0 aliphatic carbocycles. The predicted molar refractivity (Wildman–Crippen MR) is 106 cm³/mol. The van der Waals surface area contributed by atoms with Crippen LogP contribution in [0.5, 0.6) is 0 Å². The highest BCUT2D eigenvalue weighted by molar-refractivity contribution is 5.95. The Bertz CT molecular complexity index is 799. The van der Waals surface area contributed by atoms with Crippen LogP contribution in [0, 0.1) is 6.92 Å². The fourth-order valence-electron chi connectivity index (χ4n) is 4.18. The van der Waals surface area contributed by atoms with Gasteiger partial charge in [0.15, 0.2) is 0 Å². The Morgan fingerprint density at radius 1 is 1.11 bits per heavy atom. The highest BCUT2D eigenvalue weighted by atomic mass is 16.3. The number of pyridine rings is 1. The number of carbonyl (C=O) groups excluding carboxylic acids is 1. The van der Waals surface area contributed by atoms with Gasteiger partial charge in [0.05, 0.1) is 17.8 Å². The molecular formula is C22H27N3O2. The van der Waals surface area contributed by atoms with E-state index in [2.05, 4.69) is 9.88 Å². The van der Waals surface area contributed by atoms with E-state index in [0.29, 0.717) is 18.7 Å². The summed E-state index contributed by atoms with van der Waals surface area (Å²) in [6, 6.07) is 11.7. The first kappa shape index (κ1) is 18.1. The van der Waals surface area contributed by atoms with Crippen molar-refractivity contribution in [3.05, 3.63) is 53.7 Å². The normalized spacial score (nSPS) is 23.6. The number of nitrogens with zero attached hydrogens (tertiary/aromatic N) is 3. The first-order chi connectivity index (χ1) is 13.1. The zero-order valence-electron chi connectivity index (χ0n) is 15.8. The minimum atomic E-state index is -0.464. The second-order valence-electron chi connectivity index (χ2n) is 7.74. The van der Waals surface area contributed by atoms with E-state index >= 15 is 0 Å². The van der Waals surface area contributed by atoms with E-state index in [1.54, 1.807) is 4.90 Å². The quantitative estimate of drug-likeness (QED) is 0.909. The van der Waals surface area contributed by atoms with Crippen molar-refractivity contribution in [1.29, 1.82) is 0 Å². The molecule has 1 N–H and O–H groups in total. The number of aromatic nitrogens is 1. The van der Waals surface area contributed by atoms with Crippen molar-refractivity contribution in [2.45, 2.75) is 38.3 Å². The van der Waals surface area contributed by atoms with Gasteiger partial charge in [0.1, 0.15) is 0 Å². The van der Waals surface area contributed by atoms with Crippen molar-refractivity contribution in [2.24, 2.45) is 0 Å². The third-order valence-electron chi connectivity index (χ3n) is 5.72. The number of amides is 1. The van der Waals surface area contributed by atoms with E-state index in [1.165, 1.54) is 19.3 Å². The molecule has 1 aromatic heterocycles. The molecule has 4 rings (SSSR count). The van der Waals surface area contributed by atoms with Gasteiger partial charge in [-0.1, -0.05) is 24.6 Å². The van der Waals surface area contributed by atoms with Gasteiger partial charge in [0.2, 0.25) is 0 Å². The van der Waals surface area contributed by atoms with Crippen LogP contribution in [-0.4, -0.2) is 64.1 Å². The summed E-state index contributed by atoms with van der Waals surface area (Å²) in [5, 5.41) is 10.5. The van der Waals surface area contributed by atoms with Crippen LogP contribution in [0.3, 0.4) is 0 Å². The summed E-state index contributed by atoms with van der Waals surface area (Å²) in [7, 11) is 0. The summed E-state index contributed by atoms with van der Waals surface area (Å²) >= 11 is 0. The molecule has 2 aliphatic heterocycles. The number of aliphatic hydroxyl groups is 1. The van der Waals surface area contributed by atoms with E-state index < -0.39 is 6.10 Å². The van der Waals surface area contributed by atoms with Crippen LogP contribution < -0.4 is 0 Å². The molecule has 0 radical (unpaired) electrons. The van der Waals surface area contributed by atoms with Crippen molar-refractivity contribution < 1.29 is 9.90 Å². The summed E-state index contributed by atoms with van der Waals surface area (Å²) in [5.41, 5.74) is 3.57. The van der Waals surface area contributed by atoms with Crippen LogP contribution in [0.1, 0.15) is 35.2 Å². The molecule has 2 unspecified atom stereocenters. The number of carbonyl (C=O) groups is 1. The van der Waals surface area contributed by atoms with Gasteiger partial charge < -0.3 is 10.0 Å². The average Bonchev–Trinajstić information content (AvgIpc) is 3.10. The Hall–Kier alpha value is -2.24. The summed E-state index contributed by atoms with van der Waals surface area (Å²) in [4.78, 5) is 21.6. The van der Waals surface area contributed by atoms with E-state index in [9.17, 15) is 9.90 Å². The number of hydrogen-bond acceptors (Lipinski definition) is 4. The van der Waals surface area contributed by atoms with Crippen molar-refractivity contribution in [3.8, 4) is 11.3 Å². The number of likely N-dealkylation sites (tertiary alicyclic amines) is 2. The van der Waals surface area contributed by atoms with Crippen molar-refractivity contribution in [1.82, 2.24) is 14.8 Å². The largest absolute Gasteiger partial charge is 0.390 e. The summed E-state index contributed by atoms with van der Waals surface area (Å²) in [6.07, 6.45) is 5.01. The minimum absolute atomic E-state index is 0.0116. The topological polar surface area (TPSA) is 56.7 Å².